The Morgan fingerprint density at radius 3 is 2.87 bits per heavy atom. The zero-order chi connectivity index (χ0) is 20.7. The number of benzene rings is 1. The van der Waals surface area contributed by atoms with E-state index in [1.54, 1.807) is 18.5 Å². The molecule has 0 saturated carbocycles. The zero-order valence-corrected chi connectivity index (χ0v) is 16.8. The highest BCUT2D eigenvalue weighted by atomic mass is 35.5. The third kappa shape index (κ3) is 3.35. The van der Waals surface area contributed by atoms with E-state index in [1.807, 2.05) is 24.3 Å². The van der Waals surface area contributed by atoms with Crippen LogP contribution >= 0.6 is 11.6 Å². The minimum Gasteiger partial charge on any atom is -0.389 e. The average molecular weight is 423 g/mol. The Morgan fingerprint density at radius 1 is 1.17 bits per heavy atom. The molecule has 7 nitrogen and oxygen atoms in total. The molecule has 0 aliphatic carbocycles. The molecule has 0 unspecified atom stereocenters. The van der Waals surface area contributed by atoms with Crippen LogP contribution in [0.25, 0.3) is 21.8 Å². The molecule has 152 valence electrons. The Morgan fingerprint density at radius 2 is 2.07 bits per heavy atom. The van der Waals surface area contributed by atoms with Gasteiger partial charge in [0, 0.05) is 30.8 Å². The van der Waals surface area contributed by atoms with Gasteiger partial charge in [0.05, 0.1) is 41.5 Å². The van der Waals surface area contributed by atoms with Crippen molar-refractivity contribution in [2.75, 3.05) is 13.2 Å². The Bertz CT molecular complexity index is 1290. The van der Waals surface area contributed by atoms with E-state index in [0.29, 0.717) is 35.5 Å². The van der Waals surface area contributed by atoms with Crippen LogP contribution in [0.1, 0.15) is 23.6 Å². The highest BCUT2D eigenvalue weighted by molar-refractivity contribution is 6.29. The summed E-state index contributed by atoms with van der Waals surface area (Å²) in [4.78, 5) is 26.7. The quantitative estimate of drug-likeness (QED) is 0.403. The fourth-order valence-corrected chi connectivity index (χ4v) is 4.17. The molecule has 1 fully saturated rings. The lowest BCUT2D eigenvalue weighted by Crippen LogP contribution is -2.39. The number of hydrogen-bond acceptors (Lipinski definition) is 6. The first kappa shape index (κ1) is 19.1. The standard InChI is InChI=1S/C22H19ClN4O3/c23-19-4-3-13(10-25-19)8-14-9-16-21(15-2-1-6-24-20(14)15)26-12-27(22(16)29)17-5-7-30-11-18(17)28/h1-4,6,9-10,12,17-18,28H,5,7-8,11H2/t17-,18-/m0/s1. The van der Waals surface area contributed by atoms with Crippen molar-refractivity contribution in [3.05, 3.63) is 75.7 Å². The van der Waals surface area contributed by atoms with E-state index >= 15 is 0 Å². The van der Waals surface area contributed by atoms with Crippen LogP contribution in [0.5, 0.6) is 0 Å². The Labute approximate surface area is 176 Å². The molecule has 4 heterocycles. The van der Waals surface area contributed by atoms with Gasteiger partial charge in [-0.3, -0.25) is 14.3 Å². The van der Waals surface area contributed by atoms with Crippen LogP contribution in [-0.4, -0.2) is 43.9 Å². The topological polar surface area (TPSA) is 90.1 Å². The van der Waals surface area contributed by atoms with Crippen LogP contribution in [0.2, 0.25) is 5.15 Å². The largest absolute Gasteiger partial charge is 0.389 e. The fraction of sp³-hybridized carbons (Fsp3) is 0.273. The molecule has 4 aromatic rings. The van der Waals surface area contributed by atoms with Crippen molar-refractivity contribution in [3.63, 3.8) is 0 Å². The van der Waals surface area contributed by atoms with Gasteiger partial charge < -0.3 is 9.84 Å². The maximum Gasteiger partial charge on any atom is 0.261 e. The van der Waals surface area contributed by atoms with Gasteiger partial charge in [0.1, 0.15) is 5.15 Å². The molecular formula is C22H19ClN4O3. The smallest absolute Gasteiger partial charge is 0.261 e. The van der Waals surface area contributed by atoms with Crippen LogP contribution in [0.15, 0.2) is 53.8 Å². The number of nitrogens with zero attached hydrogens (tertiary/aromatic N) is 4. The van der Waals surface area contributed by atoms with Gasteiger partial charge >= 0.3 is 0 Å². The van der Waals surface area contributed by atoms with E-state index in [0.717, 1.165) is 22.0 Å². The molecule has 0 bridgehead atoms. The highest BCUT2D eigenvalue weighted by Crippen LogP contribution is 2.27. The number of pyridine rings is 2. The van der Waals surface area contributed by atoms with Gasteiger partial charge in [0.15, 0.2) is 0 Å². The third-order valence-electron chi connectivity index (χ3n) is 5.55. The van der Waals surface area contributed by atoms with Gasteiger partial charge in [0.2, 0.25) is 0 Å². The number of fused-ring (bicyclic) bond motifs is 3. The van der Waals surface area contributed by atoms with E-state index in [9.17, 15) is 9.90 Å². The van der Waals surface area contributed by atoms with Crippen molar-refractivity contribution in [2.24, 2.45) is 0 Å². The van der Waals surface area contributed by atoms with Crippen LogP contribution in [0.3, 0.4) is 0 Å². The molecule has 0 amide bonds. The number of hydrogen-bond donors (Lipinski definition) is 1. The summed E-state index contributed by atoms with van der Waals surface area (Å²) in [6, 6.07) is 8.93. The van der Waals surface area contributed by atoms with Crippen molar-refractivity contribution in [3.8, 4) is 0 Å². The minimum absolute atomic E-state index is 0.174. The van der Waals surface area contributed by atoms with E-state index in [1.165, 1.54) is 10.9 Å². The monoisotopic (exact) mass is 422 g/mol. The van der Waals surface area contributed by atoms with Crippen LogP contribution in [0.4, 0.5) is 0 Å². The summed E-state index contributed by atoms with van der Waals surface area (Å²) < 4.78 is 6.84. The average Bonchev–Trinajstić information content (AvgIpc) is 2.77. The lowest BCUT2D eigenvalue weighted by molar-refractivity contribution is -0.0395. The van der Waals surface area contributed by atoms with Crippen LogP contribution < -0.4 is 5.56 Å². The molecule has 30 heavy (non-hydrogen) atoms. The van der Waals surface area contributed by atoms with Crippen molar-refractivity contribution < 1.29 is 9.84 Å². The summed E-state index contributed by atoms with van der Waals surface area (Å²) in [5.41, 5.74) is 3.11. The number of aromatic nitrogens is 4. The first-order valence-electron chi connectivity index (χ1n) is 9.75. The van der Waals surface area contributed by atoms with Crippen molar-refractivity contribution in [1.82, 2.24) is 19.5 Å². The molecule has 1 N–H and O–H groups in total. The maximum atomic E-state index is 13.4. The van der Waals surface area contributed by atoms with Crippen LogP contribution in [-0.2, 0) is 11.2 Å². The summed E-state index contributed by atoms with van der Waals surface area (Å²) in [6.07, 6.45) is 5.36. The lowest BCUT2D eigenvalue weighted by atomic mass is 9.99. The molecule has 0 radical (unpaired) electrons. The molecular weight excluding hydrogens is 404 g/mol. The van der Waals surface area contributed by atoms with Crippen molar-refractivity contribution in [2.45, 2.75) is 25.0 Å². The molecule has 5 rings (SSSR count). The predicted octanol–water partition coefficient (Wildman–Crippen LogP) is 2.91. The van der Waals surface area contributed by atoms with Gasteiger partial charge in [-0.15, -0.1) is 0 Å². The summed E-state index contributed by atoms with van der Waals surface area (Å²) in [6.45, 7) is 0.717. The molecule has 3 aromatic heterocycles. The number of aliphatic hydroxyl groups is 1. The van der Waals surface area contributed by atoms with Gasteiger partial charge in [-0.05, 0) is 41.8 Å². The van der Waals surface area contributed by atoms with Gasteiger partial charge in [-0.25, -0.2) is 9.97 Å². The number of aliphatic hydroxyl groups excluding tert-OH is 1. The SMILES string of the molecule is O=c1c2cc(Cc3ccc(Cl)nc3)c3ncccc3c2ncn1[C@H]1CCOC[C@@H]1O. The van der Waals surface area contributed by atoms with Gasteiger partial charge in [0.25, 0.3) is 5.56 Å². The molecule has 1 aliphatic rings. The molecule has 0 spiro atoms. The highest BCUT2D eigenvalue weighted by Gasteiger charge is 2.27. The molecule has 2 atom stereocenters. The third-order valence-corrected chi connectivity index (χ3v) is 5.77. The van der Waals surface area contributed by atoms with Crippen molar-refractivity contribution in [1.29, 1.82) is 0 Å². The predicted molar refractivity (Wildman–Crippen MR) is 114 cm³/mol. The lowest BCUT2D eigenvalue weighted by Gasteiger charge is -2.29. The number of rotatable bonds is 3. The van der Waals surface area contributed by atoms with E-state index in [2.05, 4.69) is 15.0 Å². The van der Waals surface area contributed by atoms with E-state index in [4.69, 9.17) is 16.3 Å². The molecule has 8 heteroatoms. The van der Waals surface area contributed by atoms with E-state index in [-0.39, 0.29) is 18.2 Å². The second-order valence-corrected chi connectivity index (χ2v) is 7.84. The van der Waals surface area contributed by atoms with E-state index < -0.39 is 6.10 Å². The minimum atomic E-state index is -0.738. The summed E-state index contributed by atoms with van der Waals surface area (Å²) in [5, 5.41) is 12.1. The molecule has 1 aliphatic heterocycles. The second kappa shape index (κ2) is 7.75. The molecule has 1 aromatic carbocycles. The normalized spacial score (nSPS) is 19.4. The first-order chi connectivity index (χ1) is 14.6. The number of halogens is 1. The Balaban J connectivity index is 1.70. The number of ether oxygens (including phenoxy) is 1. The summed E-state index contributed by atoms with van der Waals surface area (Å²) in [5.74, 6) is 0. The maximum absolute atomic E-state index is 13.4. The second-order valence-electron chi connectivity index (χ2n) is 7.45. The summed E-state index contributed by atoms with van der Waals surface area (Å²) in [7, 11) is 0. The zero-order valence-electron chi connectivity index (χ0n) is 16.0. The van der Waals surface area contributed by atoms with Crippen LogP contribution in [0, 0.1) is 0 Å². The van der Waals surface area contributed by atoms with Gasteiger partial charge in [-0.1, -0.05) is 17.7 Å². The van der Waals surface area contributed by atoms with Gasteiger partial charge in [-0.2, -0.15) is 0 Å². The summed E-state index contributed by atoms with van der Waals surface area (Å²) >= 11 is 5.91. The Hall–Kier alpha value is -2.87. The van der Waals surface area contributed by atoms with Crippen molar-refractivity contribution >= 4 is 33.4 Å². The fourth-order valence-electron chi connectivity index (χ4n) is 4.06. The Kier molecular flexibility index (Phi) is 4.94. The first-order valence-corrected chi connectivity index (χ1v) is 10.1. The molecule has 1 saturated heterocycles.